The Hall–Kier alpha value is -2.70. The van der Waals surface area contributed by atoms with Crippen molar-refractivity contribution in [2.45, 2.75) is 56.5 Å². The number of rotatable bonds is 12. The second kappa shape index (κ2) is 15.2. The predicted molar refractivity (Wildman–Crippen MR) is 156 cm³/mol. The summed E-state index contributed by atoms with van der Waals surface area (Å²) in [7, 11) is 0. The number of ether oxygens (including phenoxy) is 3. The molecular formula is C33H40ClNO4. The first-order chi connectivity index (χ1) is 19.1. The van der Waals surface area contributed by atoms with E-state index < -0.39 is 11.6 Å². The van der Waals surface area contributed by atoms with E-state index in [1.807, 2.05) is 54.6 Å². The van der Waals surface area contributed by atoms with Gasteiger partial charge in [0.15, 0.2) is 5.60 Å². The van der Waals surface area contributed by atoms with Gasteiger partial charge in [-0.25, -0.2) is 4.79 Å². The van der Waals surface area contributed by atoms with Gasteiger partial charge in [0.05, 0.1) is 19.8 Å². The molecule has 4 rings (SSSR count). The lowest BCUT2D eigenvalue weighted by atomic mass is 9.78. The minimum absolute atomic E-state index is 0.203. The van der Waals surface area contributed by atoms with Crippen LogP contribution in [0.25, 0.3) is 0 Å². The summed E-state index contributed by atoms with van der Waals surface area (Å²) in [5.74, 6) is 0.0740. The smallest absolute Gasteiger partial charge is 0.333 e. The third-order valence-corrected chi connectivity index (χ3v) is 7.78. The molecule has 0 amide bonds. The van der Waals surface area contributed by atoms with Crippen LogP contribution in [0.5, 0.6) is 0 Å². The lowest BCUT2D eigenvalue weighted by Crippen LogP contribution is -2.37. The van der Waals surface area contributed by atoms with Gasteiger partial charge in [0.2, 0.25) is 0 Å². The Morgan fingerprint density at radius 2 is 1.38 bits per heavy atom. The van der Waals surface area contributed by atoms with Gasteiger partial charge in [-0.15, -0.1) is 0 Å². The van der Waals surface area contributed by atoms with E-state index in [9.17, 15) is 4.79 Å². The maximum Gasteiger partial charge on any atom is 0.333 e. The molecule has 39 heavy (non-hydrogen) atoms. The zero-order chi connectivity index (χ0) is 27.3. The highest BCUT2D eigenvalue weighted by atomic mass is 35.5. The maximum atomic E-state index is 13.3. The molecule has 208 valence electrons. The molecule has 1 unspecified atom stereocenters. The molecular weight excluding hydrogens is 510 g/mol. The van der Waals surface area contributed by atoms with Crippen molar-refractivity contribution in [3.63, 3.8) is 0 Å². The van der Waals surface area contributed by atoms with Crippen molar-refractivity contribution in [2.75, 3.05) is 33.0 Å². The van der Waals surface area contributed by atoms with Gasteiger partial charge in [0.25, 0.3) is 0 Å². The van der Waals surface area contributed by atoms with Crippen LogP contribution in [0, 0.1) is 0 Å². The van der Waals surface area contributed by atoms with Crippen molar-refractivity contribution < 1.29 is 19.0 Å². The maximum absolute atomic E-state index is 13.3. The second-order valence-corrected chi connectivity index (χ2v) is 10.5. The SMILES string of the molecule is NCCOCCOCC(=O)OC(c1ccccc1)(c1ccc(C2CCCCCCC2)cc1)c1ccccc1Cl. The number of benzene rings is 3. The molecule has 0 heterocycles. The van der Waals surface area contributed by atoms with Gasteiger partial charge in [-0.05, 0) is 30.4 Å². The molecule has 5 nitrogen and oxygen atoms in total. The Kier molecular flexibility index (Phi) is 11.4. The fourth-order valence-corrected chi connectivity index (χ4v) is 5.78. The minimum atomic E-state index is -1.24. The normalized spacial score (nSPS) is 16.2. The molecule has 0 radical (unpaired) electrons. The molecule has 3 aromatic rings. The van der Waals surface area contributed by atoms with Crippen LogP contribution in [0.1, 0.15) is 73.1 Å². The lowest BCUT2D eigenvalue weighted by molar-refractivity contribution is -0.159. The Morgan fingerprint density at radius 3 is 2.08 bits per heavy atom. The highest BCUT2D eigenvalue weighted by molar-refractivity contribution is 6.31. The molecule has 1 aliphatic carbocycles. The number of hydrogen-bond acceptors (Lipinski definition) is 5. The van der Waals surface area contributed by atoms with Crippen LogP contribution >= 0.6 is 11.6 Å². The minimum Gasteiger partial charge on any atom is -0.442 e. The van der Waals surface area contributed by atoms with E-state index in [0.29, 0.717) is 36.3 Å². The van der Waals surface area contributed by atoms with Crippen molar-refractivity contribution >= 4 is 17.6 Å². The van der Waals surface area contributed by atoms with Gasteiger partial charge in [0.1, 0.15) is 6.61 Å². The Bertz CT molecular complexity index is 1150. The molecule has 6 heteroatoms. The van der Waals surface area contributed by atoms with Gasteiger partial charge in [-0.2, -0.15) is 0 Å². The van der Waals surface area contributed by atoms with Crippen LogP contribution in [0.3, 0.4) is 0 Å². The first-order valence-electron chi connectivity index (χ1n) is 14.1. The molecule has 0 saturated heterocycles. The summed E-state index contributed by atoms with van der Waals surface area (Å²) in [4.78, 5) is 13.3. The van der Waals surface area contributed by atoms with E-state index in [-0.39, 0.29) is 13.2 Å². The molecule has 0 aliphatic heterocycles. The summed E-state index contributed by atoms with van der Waals surface area (Å²) in [6.45, 7) is 1.33. The lowest BCUT2D eigenvalue weighted by Gasteiger charge is -2.36. The van der Waals surface area contributed by atoms with E-state index in [0.717, 1.165) is 11.1 Å². The third kappa shape index (κ3) is 7.70. The Morgan fingerprint density at radius 1 is 0.769 bits per heavy atom. The molecule has 0 aromatic heterocycles. The standard InChI is InChI=1S/C33H40ClNO4/c34-31-16-10-9-15-30(31)33(28-13-7-4-8-14-28,39-32(36)25-38-24-23-37-22-21-35)29-19-17-27(18-20-29)26-11-5-2-1-3-6-12-26/h4,7-10,13-20,26H,1-3,5-6,11-12,21-25,35H2. The van der Waals surface area contributed by atoms with Crippen LogP contribution in [0.2, 0.25) is 5.02 Å². The van der Waals surface area contributed by atoms with Gasteiger partial charge >= 0.3 is 5.97 Å². The molecule has 1 aliphatic rings. The fraction of sp³-hybridized carbons (Fsp3) is 0.424. The van der Waals surface area contributed by atoms with Crippen LogP contribution in [0.15, 0.2) is 78.9 Å². The Balaban J connectivity index is 1.69. The molecule has 1 saturated carbocycles. The van der Waals surface area contributed by atoms with Crippen molar-refractivity contribution in [1.82, 2.24) is 0 Å². The quantitative estimate of drug-likeness (QED) is 0.150. The summed E-state index contributed by atoms with van der Waals surface area (Å²) < 4.78 is 17.3. The van der Waals surface area contributed by atoms with Crippen LogP contribution < -0.4 is 5.73 Å². The summed E-state index contributed by atoms with van der Waals surface area (Å²) >= 11 is 6.80. The third-order valence-electron chi connectivity index (χ3n) is 7.45. The number of carbonyl (C=O) groups excluding carboxylic acids is 1. The highest BCUT2D eigenvalue weighted by Crippen LogP contribution is 2.44. The number of carbonyl (C=O) groups is 1. The van der Waals surface area contributed by atoms with Crippen LogP contribution in [-0.2, 0) is 24.6 Å². The molecule has 2 N–H and O–H groups in total. The predicted octanol–water partition coefficient (Wildman–Crippen LogP) is 6.99. The van der Waals surface area contributed by atoms with Gasteiger partial charge < -0.3 is 19.9 Å². The van der Waals surface area contributed by atoms with Gasteiger partial charge in [0, 0.05) is 28.3 Å². The molecule has 1 atom stereocenters. The van der Waals surface area contributed by atoms with Crippen molar-refractivity contribution in [2.24, 2.45) is 5.73 Å². The summed E-state index contributed by atoms with van der Waals surface area (Å²) in [5, 5.41) is 0.523. The number of nitrogens with two attached hydrogens (primary N) is 1. The monoisotopic (exact) mass is 549 g/mol. The second-order valence-electron chi connectivity index (χ2n) is 10.1. The van der Waals surface area contributed by atoms with Gasteiger partial charge in [-0.1, -0.05) is 117 Å². The fourth-order valence-electron chi connectivity index (χ4n) is 5.51. The zero-order valence-corrected chi connectivity index (χ0v) is 23.4. The van der Waals surface area contributed by atoms with Crippen molar-refractivity contribution in [1.29, 1.82) is 0 Å². The summed E-state index contributed by atoms with van der Waals surface area (Å²) in [5.41, 5.74) is 7.92. The highest BCUT2D eigenvalue weighted by Gasteiger charge is 2.42. The first-order valence-corrected chi connectivity index (χ1v) is 14.5. The summed E-state index contributed by atoms with van der Waals surface area (Å²) in [6, 6.07) is 25.9. The molecule has 3 aromatic carbocycles. The average Bonchev–Trinajstić information content (AvgIpc) is 2.95. The average molecular weight is 550 g/mol. The number of halogens is 1. The van der Waals surface area contributed by atoms with E-state index in [1.165, 1.54) is 50.5 Å². The zero-order valence-electron chi connectivity index (χ0n) is 22.7. The largest absolute Gasteiger partial charge is 0.442 e. The van der Waals surface area contributed by atoms with Crippen LogP contribution in [-0.4, -0.2) is 38.9 Å². The van der Waals surface area contributed by atoms with E-state index in [1.54, 1.807) is 0 Å². The first kappa shape index (κ1) is 29.3. The van der Waals surface area contributed by atoms with Gasteiger partial charge in [-0.3, -0.25) is 0 Å². The van der Waals surface area contributed by atoms with E-state index in [4.69, 9.17) is 31.5 Å². The summed E-state index contributed by atoms with van der Waals surface area (Å²) in [6.07, 6.45) is 8.96. The van der Waals surface area contributed by atoms with E-state index >= 15 is 0 Å². The Labute approximate surface area is 237 Å². The molecule has 1 fully saturated rings. The number of hydrogen-bond donors (Lipinski definition) is 1. The van der Waals surface area contributed by atoms with Crippen molar-refractivity contribution in [3.05, 3.63) is 106 Å². The molecule has 0 bridgehead atoms. The van der Waals surface area contributed by atoms with E-state index in [2.05, 4.69) is 24.3 Å². The van der Waals surface area contributed by atoms with Crippen LogP contribution in [0.4, 0.5) is 0 Å². The number of esters is 1. The molecule has 0 spiro atoms. The van der Waals surface area contributed by atoms with Crippen molar-refractivity contribution in [3.8, 4) is 0 Å². The topological polar surface area (TPSA) is 70.8 Å².